The van der Waals surface area contributed by atoms with Crippen molar-refractivity contribution in [3.63, 3.8) is 0 Å². The van der Waals surface area contributed by atoms with Gasteiger partial charge in [-0.1, -0.05) is 13.0 Å². The molecule has 1 aromatic rings. The van der Waals surface area contributed by atoms with E-state index in [1.54, 1.807) is 13.2 Å². The van der Waals surface area contributed by atoms with Crippen molar-refractivity contribution in [1.29, 1.82) is 0 Å². The van der Waals surface area contributed by atoms with Gasteiger partial charge in [-0.2, -0.15) is 0 Å². The van der Waals surface area contributed by atoms with Gasteiger partial charge in [0.1, 0.15) is 11.5 Å². The quantitative estimate of drug-likeness (QED) is 0.846. The first kappa shape index (κ1) is 16.1. The molecule has 1 aliphatic rings. The molecule has 0 aliphatic carbocycles. The van der Waals surface area contributed by atoms with Crippen LogP contribution in [0.5, 0.6) is 11.5 Å². The summed E-state index contributed by atoms with van der Waals surface area (Å²) in [4.78, 5) is 2.54. The fraction of sp³-hybridized carbons (Fsp3) is 0.647. The van der Waals surface area contributed by atoms with Crippen LogP contribution >= 0.6 is 0 Å². The van der Waals surface area contributed by atoms with Crippen LogP contribution in [0.4, 0.5) is 0 Å². The Bertz CT molecular complexity index is 442. The lowest BCUT2D eigenvalue weighted by Crippen LogP contribution is -2.43. The number of rotatable bonds is 6. The molecule has 0 aromatic heterocycles. The van der Waals surface area contributed by atoms with Gasteiger partial charge in [0, 0.05) is 23.7 Å². The Kier molecular flexibility index (Phi) is 5.88. The molecule has 1 unspecified atom stereocenters. The maximum atomic E-state index is 10.1. The van der Waals surface area contributed by atoms with E-state index >= 15 is 0 Å². The first-order valence-corrected chi connectivity index (χ1v) is 7.99. The lowest BCUT2D eigenvalue weighted by Gasteiger charge is -2.34. The molecule has 21 heavy (non-hydrogen) atoms. The van der Waals surface area contributed by atoms with Crippen molar-refractivity contribution in [2.24, 2.45) is 0 Å². The largest absolute Gasteiger partial charge is 0.507 e. The Hall–Kier alpha value is -1.26. The first-order chi connectivity index (χ1) is 10.1. The summed E-state index contributed by atoms with van der Waals surface area (Å²) in [6.45, 7) is 7.90. The number of aromatic hydroxyl groups is 1. The van der Waals surface area contributed by atoms with Crippen LogP contribution in [0.2, 0.25) is 0 Å². The molecule has 1 saturated heterocycles. The monoisotopic (exact) mass is 292 g/mol. The van der Waals surface area contributed by atoms with Crippen LogP contribution in [0.3, 0.4) is 0 Å². The molecule has 0 radical (unpaired) electrons. The smallest absolute Gasteiger partial charge is 0.124 e. The van der Waals surface area contributed by atoms with Crippen molar-refractivity contribution in [1.82, 2.24) is 10.2 Å². The molecule has 0 spiro atoms. The molecule has 1 aliphatic heterocycles. The maximum Gasteiger partial charge on any atom is 0.124 e. The lowest BCUT2D eigenvalue weighted by molar-refractivity contribution is 0.192. The minimum absolute atomic E-state index is 0.152. The summed E-state index contributed by atoms with van der Waals surface area (Å²) < 4.78 is 5.13. The standard InChI is InChI=1S/C17H28N2O2/c1-4-9-19-10-7-14(8-11-19)18-13(2)16-6-5-15(21-3)12-17(16)20/h5-6,12-14,18,20H,4,7-11H2,1-3H3. The van der Waals surface area contributed by atoms with Crippen LogP contribution in [0, 0.1) is 0 Å². The fourth-order valence-electron chi connectivity index (χ4n) is 3.10. The summed E-state index contributed by atoms with van der Waals surface area (Å²) in [5.74, 6) is 0.995. The molecule has 1 atom stereocenters. The van der Waals surface area contributed by atoms with Crippen LogP contribution in [0.1, 0.15) is 44.7 Å². The van der Waals surface area contributed by atoms with Gasteiger partial charge in [-0.25, -0.2) is 0 Å². The van der Waals surface area contributed by atoms with Gasteiger partial charge in [-0.15, -0.1) is 0 Å². The van der Waals surface area contributed by atoms with Crippen molar-refractivity contribution < 1.29 is 9.84 Å². The second-order valence-corrected chi connectivity index (χ2v) is 5.93. The number of ether oxygens (including phenoxy) is 1. The Balaban J connectivity index is 1.89. The van der Waals surface area contributed by atoms with E-state index < -0.39 is 0 Å². The van der Waals surface area contributed by atoms with Gasteiger partial charge < -0.3 is 20.1 Å². The molecule has 0 amide bonds. The van der Waals surface area contributed by atoms with Crippen LogP contribution < -0.4 is 10.1 Å². The van der Waals surface area contributed by atoms with Crippen LogP contribution in [-0.4, -0.2) is 42.8 Å². The maximum absolute atomic E-state index is 10.1. The molecule has 118 valence electrons. The normalized spacial score (nSPS) is 18.6. The summed E-state index contributed by atoms with van der Waals surface area (Å²) in [7, 11) is 1.61. The van der Waals surface area contributed by atoms with E-state index in [2.05, 4.69) is 24.1 Å². The van der Waals surface area contributed by atoms with E-state index in [4.69, 9.17) is 4.74 Å². The van der Waals surface area contributed by atoms with Crippen LogP contribution in [-0.2, 0) is 0 Å². The summed E-state index contributed by atoms with van der Waals surface area (Å²) in [5, 5.41) is 13.8. The van der Waals surface area contributed by atoms with E-state index in [0.29, 0.717) is 17.5 Å². The van der Waals surface area contributed by atoms with Crippen molar-refractivity contribution in [3.05, 3.63) is 23.8 Å². The predicted octanol–water partition coefficient (Wildman–Crippen LogP) is 2.93. The summed E-state index contributed by atoms with van der Waals surface area (Å²) in [5.41, 5.74) is 0.937. The topological polar surface area (TPSA) is 44.7 Å². The Morgan fingerprint density at radius 1 is 1.38 bits per heavy atom. The number of piperidine rings is 1. The number of benzene rings is 1. The average Bonchev–Trinajstić information content (AvgIpc) is 2.49. The molecule has 1 aromatic carbocycles. The summed E-state index contributed by atoms with van der Waals surface area (Å²) in [6, 6.07) is 6.21. The van der Waals surface area contributed by atoms with E-state index in [0.717, 1.165) is 5.56 Å². The molecule has 4 heteroatoms. The van der Waals surface area contributed by atoms with Gasteiger partial charge in [-0.05, 0) is 51.9 Å². The van der Waals surface area contributed by atoms with Gasteiger partial charge in [0.15, 0.2) is 0 Å². The van der Waals surface area contributed by atoms with Crippen LogP contribution in [0.25, 0.3) is 0 Å². The van der Waals surface area contributed by atoms with E-state index in [9.17, 15) is 5.11 Å². The highest BCUT2D eigenvalue weighted by Crippen LogP contribution is 2.29. The van der Waals surface area contributed by atoms with E-state index in [1.165, 1.54) is 38.9 Å². The molecule has 4 nitrogen and oxygen atoms in total. The van der Waals surface area contributed by atoms with E-state index in [-0.39, 0.29) is 6.04 Å². The molecule has 2 rings (SSSR count). The lowest BCUT2D eigenvalue weighted by atomic mass is 10.0. The van der Waals surface area contributed by atoms with Gasteiger partial charge >= 0.3 is 0 Å². The number of phenols is 1. The number of nitrogens with one attached hydrogen (secondary N) is 1. The number of phenolic OH excluding ortho intramolecular Hbond substituents is 1. The number of likely N-dealkylation sites (tertiary alicyclic amines) is 1. The SMILES string of the molecule is CCCN1CCC(NC(C)c2ccc(OC)cc2O)CC1. The van der Waals surface area contributed by atoms with Gasteiger partial charge in [0.05, 0.1) is 7.11 Å². The minimum Gasteiger partial charge on any atom is -0.507 e. The third-order valence-electron chi connectivity index (χ3n) is 4.32. The van der Waals surface area contributed by atoms with Crippen molar-refractivity contribution in [3.8, 4) is 11.5 Å². The predicted molar refractivity (Wildman–Crippen MR) is 86.0 cm³/mol. The highest BCUT2D eigenvalue weighted by atomic mass is 16.5. The third kappa shape index (κ3) is 4.35. The number of nitrogens with zero attached hydrogens (tertiary/aromatic N) is 1. The molecule has 0 saturated carbocycles. The molecule has 1 heterocycles. The third-order valence-corrected chi connectivity index (χ3v) is 4.32. The summed E-state index contributed by atoms with van der Waals surface area (Å²) >= 11 is 0. The zero-order chi connectivity index (χ0) is 15.2. The molecular formula is C17H28N2O2. The highest BCUT2D eigenvalue weighted by Gasteiger charge is 2.21. The van der Waals surface area contributed by atoms with Crippen LogP contribution in [0.15, 0.2) is 18.2 Å². The second-order valence-electron chi connectivity index (χ2n) is 5.93. The summed E-state index contributed by atoms with van der Waals surface area (Å²) in [6.07, 6.45) is 3.59. The zero-order valence-electron chi connectivity index (χ0n) is 13.4. The van der Waals surface area contributed by atoms with Gasteiger partial charge in [-0.3, -0.25) is 0 Å². The van der Waals surface area contributed by atoms with Gasteiger partial charge in [0.25, 0.3) is 0 Å². The first-order valence-electron chi connectivity index (χ1n) is 7.99. The highest BCUT2D eigenvalue weighted by molar-refractivity contribution is 5.41. The molecule has 0 bridgehead atoms. The fourth-order valence-corrected chi connectivity index (χ4v) is 3.10. The Morgan fingerprint density at radius 3 is 2.67 bits per heavy atom. The van der Waals surface area contributed by atoms with Crippen molar-refractivity contribution in [2.45, 2.75) is 45.2 Å². The van der Waals surface area contributed by atoms with Gasteiger partial charge in [0.2, 0.25) is 0 Å². The number of hydrogen-bond donors (Lipinski definition) is 2. The van der Waals surface area contributed by atoms with Crippen molar-refractivity contribution in [2.75, 3.05) is 26.7 Å². The second kappa shape index (κ2) is 7.66. The van der Waals surface area contributed by atoms with E-state index in [1.807, 2.05) is 12.1 Å². The molecular weight excluding hydrogens is 264 g/mol. The molecule has 1 fully saturated rings. The average molecular weight is 292 g/mol. The number of methoxy groups -OCH3 is 1. The Morgan fingerprint density at radius 2 is 2.10 bits per heavy atom. The number of hydrogen-bond acceptors (Lipinski definition) is 4. The minimum atomic E-state index is 0.152. The van der Waals surface area contributed by atoms with Crippen molar-refractivity contribution >= 4 is 0 Å². The zero-order valence-corrected chi connectivity index (χ0v) is 13.4. The Labute approximate surface area is 128 Å². The molecule has 2 N–H and O–H groups in total.